The third kappa shape index (κ3) is 3.71. The molecule has 1 atom stereocenters. The highest BCUT2D eigenvalue weighted by Gasteiger charge is 2.25. The third-order valence-electron chi connectivity index (χ3n) is 5.59. The second kappa shape index (κ2) is 7.67. The van der Waals surface area contributed by atoms with Crippen LogP contribution in [0.15, 0.2) is 21.7 Å². The second-order valence-electron chi connectivity index (χ2n) is 7.22. The molecule has 1 aliphatic carbocycles. The lowest BCUT2D eigenvalue weighted by Crippen LogP contribution is -2.48. The van der Waals surface area contributed by atoms with Gasteiger partial charge in [0.05, 0.1) is 18.3 Å². The van der Waals surface area contributed by atoms with Crippen LogP contribution in [0, 0.1) is 0 Å². The fourth-order valence-corrected chi connectivity index (χ4v) is 3.89. The largest absolute Gasteiger partial charge is 0.338 e. The Hall–Kier alpha value is -2.06. The Morgan fingerprint density at radius 2 is 1.96 bits per heavy atom. The molecule has 0 saturated carbocycles. The standard InChI is InChI=1S/C18H26N6O2/c1-14(18-19-13-20-26-18)23-9-6-22(7-10-23)8-11-24-17(25)12-15-4-2-3-5-16(15)21-24/h12-14H,2-11H2,1H3. The van der Waals surface area contributed by atoms with Crippen LogP contribution in [-0.2, 0) is 19.4 Å². The minimum absolute atomic E-state index is 0.0364. The maximum absolute atomic E-state index is 12.3. The maximum atomic E-state index is 12.3. The van der Waals surface area contributed by atoms with Crippen molar-refractivity contribution in [2.75, 3.05) is 32.7 Å². The summed E-state index contributed by atoms with van der Waals surface area (Å²) >= 11 is 0. The van der Waals surface area contributed by atoms with Crippen molar-refractivity contribution in [1.82, 2.24) is 29.7 Å². The van der Waals surface area contributed by atoms with Crippen LogP contribution in [0.1, 0.15) is 43.0 Å². The van der Waals surface area contributed by atoms with E-state index < -0.39 is 0 Å². The molecule has 8 heteroatoms. The molecule has 2 aliphatic rings. The van der Waals surface area contributed by atoms with Gasteiger partial charge in [0, 0.05) is 38.8 Å². The van der Waals surface area contributed by atoms with Crippen LogP contribution in [0.5, 0.6) is 0 Å². The molecule has 0 radical (unpaired) electrons. The summed E-state index contributed by atoms with van der Waals surface area (Å²) in [6.07, 6.45) is 5.80. The Kier molecular flexibility index (Phi) is 5.12. The monoisotopic (exact) mass is 358 g/mol. The summed E-state index contributed by atoms with van der Waals surface area (Å²) in [6, 6.07) is 1.94. The topological polar surface area (TPSA) is 80.3 Å². The van der Waals surface area contributed by atoms with E-state index in [1.54, 1.807) is 10.7 Å². The van der Waals surface area contributed by atoms with Crippen molar-refractivity contribution in [3.8, 4) is 0 Å². The van der Waals surface area contributed by atoms with Gasteiger partial charge in [0.2, 0.25) is 5.89 Å². The van der Waals surface area contributed by atoms with E-state index in [9.17, 15) is 4.79 Å². The van der Waals surface area contributed by atoms with Crippen molar-refractivity contribution < 1.29 is 4.52 Å². The molecular weight excluding hydrogens is 332 g/mol. The van der Waals surface area contributed by atoms with E-state index in [-0.39, 0.29) is 11.6 Å². The zero-order chi connectivity index (χ0) is 17.9. The zero-order valence-electron chi connectivity index (χ0n) is 15.3. The first-order valence-corrected chi connectivity index (χ1v) is 9.53. The first-order valence-electron chi connectivity index (χ1n) is 9.53. The van der Waals surface area contributed by atoms with Crippen LogP contribution in [0.2, 0.25) is 0 Å². The highest BCUT2D eigenvalue weighted by Crippen LogP contribution is 2.19. The van der Waals surface area contributed by atoms with E-state index in [1.807, 2.05) is 0 Å². The molecule has 4 rings (SSSR count). The van der Waals surface area contributed by atoms with Gasteiger partial charge in [-0.3, -0.25) is 14.6 Å². The van der Waals surface area contributed by atoms with Crippen LogP contribution in [0.3, 0.4) is 0 Å². The minimum atomic E-state index is 0.0364. The van der Waals surface area contributed by atoms with Gasteiger partial charge < -0.3 is 4.52 Å². The molecule has 140 valence electrons. The molecule has 1 fully saturated rings. The van der Waals surface area contributed by atoms with Crippen LogP contribution in [0.25, 0.3) is 0 Å². The Labute approximate surface area is 152 Å². The maximum Gasteiger partial charge on any atom is 0.267 e. The molecule has 8 nitrogen and oxygen atoms in total. The summed E-state index contributed by atoms with van der Waals surface area (Å²) in [5, 5.41) is 8.31. The number of nitrogens with zero attached hydrogens (tertiary/aromatic N) is 6. The SMILES string of the molecule is CC(c1ncno1)N1CCN(CCn2nc3c(cc2=O)CCCC3)CC1. The first kappa shape index (κ1) is 17.4. The number of hydrogen-bond acceptors (Lipinski definition) is 7. The number of hydrogen-bond donors (Lipinski definition) is 0. The summed E-state index contributed by atoms with van der Waals surface area (Å²) in [4.78, 5) is 21.2. The molecule has 1 aliphatic heterocycles. The zero-order valence-corrected chi connectivity index (χ0v) is 15.3. The fourth-order valence-electron chi connectivity index (χ4n) is 3.89. The van der Waals surface area contributed by atoms with Crippen molar-refractivity contribution in [3.05, 3.63) is 39.9 Å². The predicted octanol–water partition coefficient (Wildman–Crippen LogP) is 0.884. The van der Waals surface area contributed by atoms with Gasteiger partial charge in [0.15, 0.2) is 6.33 Å². The number of rotatable bonds is 5. The summed E-state index contributed by atoms with van der Waals surface area (Å²) in [7, 11) is 0. The number of aryl methyl sites for hydroxylation is 2. The predicted molar refractivity (Wildman–Crippen MR) is 95.9 cm³/mol. The Balaban J connectivity index is 1.31. The smallest absolute Gasteiger partial charge is 0.267 e. The summed E-state index contributed by atoms with van der Waals surface area (Å²) in [6.45, 7) is 7.46. The minimum Gasteiger partial charge on any atom is -0.338 e. The molecule has 1 saturated heterocycles. The molecule has 0 bridgehead atoms. The van der Waals surface area contributed by atoms with E-state index in [4.69, 9.17) is 4.52 Å². The van der Waals surface area contributed by atoms with E-state index in [0.29, 0.717) is 12.4 Å². The van der Waals surface area contributed by atoms with Gasteiger partial charge in [0.25, 0.3) is 5.56 Å². The highest BCUT2D eigenvalue weighted by atomic mass is 16.5. The average Bonchev–Trinajstić information content (AvgIpc) is 3.21. The summed E-state index contributed by atoms with van der Waals surface area (Å²) < 4.78 is 6.83. The van der Waals surface area contributed by atoms with E-state index in [0.717, 1.165) is 56.8 Å². The van der Waals surface area contributed by atoms with Crippen molar-refractivity contribution in [2.45, 2.75) is 45.2 Å². The highest BCUT2D eigenvalue weighted by molar-refractivity contribution is 5.20. The van der Waals surface area contributed by atoms with Crippen LogP contribution in [0.4, 0.5) is 0 Å². The third-order valence-corrected chi connectivity index (χ3v) is 5.59. The van der Waals surface area contributed by atoms with Gasteiger partial charge in [-0.2, -0.15) is 10.1 Å². The Morgan fingerprint density at radius 3 is 2.73 bits per heavy atom. The lowest BCUT2D eigenvalue weighted by atomic mass is 9.97. The summed E-state index contributed by atoms with van der Waals surface area (Å²) in [5.41, 5.74) is 2.31. The molecule has 26 heavy (non-hydrogen) atoms. The van der Waals surface area contributed by atoms with Crippen molar-refractivity contribution in [2.24, 2.45) is 0 Å². The lowest BCUT2D eigenvalue weighted by Gasteiger charge is -2.36. The fraction of sp³-hybridized carbons (Fsp3) is 0.667. The molecule has 1 unspecified atom stereocenters. The number of fused-ring (bicyclic) bond motifs is 1. The summed E-state index contributed by atoms with van der Waals surface area (Å²) in [5.74, 6) is 0.670. The van der Waals surface area contributed by atoms with Crippen molar-refractivity contribution in [1.29, 1.82) is 0 Å². The molecule has 0 spiro atoms. The molecule has 0 aromatic carbocycles. The Morgan fingerprint density at radius 1 is 1.15 bits per heavy atom. The molecular formula is C18H26N6O2. The van der Waals surface area contributed by atoms with Crippen molar-refractivity contribution in [3.63, 3.8) is 0 Å². The molecule has 2 aromatic rings. The van der Waals surface area contributed by atoms with Crippen LogP contribution < -0.4 is 5.56 Å². The van der Waals surface area contributed by atoms with Gasteiger partial charge in [-0.15, -0.1) is 0 Å². The normalized spacial score (nSPS) is 20.0. The molecule has 0 N–H and O–H groups in total. The number of piperazine rings is 1. The van der Waals surface area contributed by atoms with Gasteiger partial charge in [0.1, 0.15) is 0 Å². The number of aromatic nitrogens is 4. The van der Waals surface area contributed by atoms with Gasteiger partial charge >= 0.3 is 0 Å². The lowest BCUT2D eigenvalue weighted by molar-refractivity contribution is 0.0855. The first-order chi connectivity index (χ1) is 12.7. The van der Waals surface area contributed by atoms with Gasteiger partial charge in [-0.25, -0.2) is 4.68 Å². The molecule has 2 aromatic heterocycles. The molecule has 0 amide bonds. The average molecular weight is 358 g/mol. The quantitative estimate of drug-likeness (QED) is 0.785. The van der Waals surface area contributed by atoms with Gasteiger partial charge in [-0.1, -0.05) is 5.16 Å². The van der Waals surface area contributed by atoms with Crippen LogP contribution >= 0.6 is 0 Å². The van der Waals surface area contributed by atoms with Crippen LogP contribution in [-0.4, -0.2) is 62.4 Å². The van der Waals surface area contributed by atoms with E-state index in [1.165, 1.54) is 19.2 Å². The second-order valence-corrected chi connectivity index (χ2v) is 7.22. The van der Waals surface area contributed by atoms with Crippen molar-refractivity contribution >= 4 is 0 Å². The van der Waals surface area contributed by atoms with E-state index >= 15 is 0 Å². The van der Waals surface area contributed by atoms with Gasteiger partial charge in [-0.05, 0) is 38.2 Å². The molecule has 3 heterocycles. The Bertz CT molecular complexity index is 779. The van der Waals surface area contributed by atoms with E-state index in [2.05, 4.69) is 32.0 Å².